The van der Waals surface area contributed by atoms with Crippen molar-refractivity contribution in [1.82, 2.24) is 0 Å². The summed E-state index contributed by atoms with van der Waals surface area (Å²) in [6.07, 6.45) is 0.0312. The highest BCUT2D eigenvalue weighted by Gasteiger charge is 2.46. The van der Waals surface area contributed by atoms with Gasteiger partial charge in [-0.1, -0.05) is 65.8 Å². The monoisotopic (exact) mass is 449 g/mol. The molecule has 1 unspecified atom stereocenters. The van der Waals surface area contributed by atoms with E-state index in [1.165, 1.54) is 4.90 Å². The third-order valence-corrected chi connectivity index (χ3v) is 5.71. The van der Waals surface area contributed by atoms with E-state index in [9.17, 15) is 14.7 Å². The van der Waals surface area contributed by atoms with Crippen LogP contribution in [0.2, 0.25) is 0 Å². The van der Waals surface area contributed by atoms with Gasteiger partial charge in [0.15, 0.2) is 11.5 Å². The van der Waals surface area contributed by atoms with Gasteiger partial charge in [-0.25, -0.2) is 0 Å². The molecule has 0 fully saturated rings. The normalized spacial score (nSPS) is 17.2. The van der Waals surface area contributed by atoms with E-state index in [2.05, 4.69) is 20.8 Å². The van der Waals surface area contributed by atoms with Crippen LogP contribution >= 0.6 is 0 Å². The summed E-state index contributed by atoms with van der Waals surface area (Å²) in [5.41, 5.74) is 1.83. The highest BCUT2D eigenvalue weighted by Crippen LogP contribution is 2.44. The average molecular weight is 450 g/mol. The maximum atomic E-state index is 13.4. The summed E-state index contributed by atoms with van der Waals surface area (Å²) in [5.74, 6) is -0.605. The van der Waals surface area contributed by atoms with Gasteiger partial charge in [0.1, 0.15) is 5.75 Å². The van der Waals surface area contributed by atoms with Gasteiger partial charge in [-0.3, -0.25) is 14.5 Å². The quantitative estimate of drug-likeness (QED) is 0.583. The smallest absolute Gasteiger partial charge is 0.294 e. The fourth-order valence-corrected chi connectivity index (χ4v) is 3.95. The van der Waals surface area contributed by atoms with E-state index in [0.29, 0.717) is 11.4 Å². The minimum absolute atomic E-state index is 0.0312. The molecule has 2 aromatic carbocycles. The minimum atomic E-state index is -0.755. The van der Waals surface area contributed by atoms with Crippen molar-refractivity contribution < 1.29 is 19.4 Å². The molecule has 0 saturated carbocycles. The number of carbonyl (C=O) groups is 2. The Kier molecular flexibility index (Phi) is 6.47. The lowest BCUT2D eigenvalue weighted by Crippen LogP contribution is -2.32. The second kappa shape index (κ2) is 8.69. The number of anilines is 1. The highest BCUT2D eigenvalue weighted by molar-refractivity contribution is 6.17. The Labute approximate surface area is 197 Å². The van der Waals surface area contributed by atoms with Crippen LogP contribution < -0.4 is 9.64 Å². The summed E-state index contributed by atoms with van der Waals surface area (Å²) < 4.78 is 5.75. The zero-order valence-electron chi connectivity index (χ0n) is 20.9. The molecule has 1 N–H and O–H groups in total. The number of aliphatic hydroxyl groups is 1. The molecule has 0 radical (unpaired) electrons. The van der Waals surface area contributed by atoms with Gasteiger partial charge in [-0.05, 0) is 54.7 Å². The van der Waals surface area contributed by atoms with Crippen molar-refractivity contribution >= 4 is 17.4 Å². The lowest BCUT2D eigenvalue weighted by Gasteiger charge is -2.29. The Balaban J connectivity index is 2.12. The van der Waals surface area contributed by atoms with Crippen LogP contribution in [0.5, 0.6) is 5.75 Å². The molecule has 5 heteroatoms. The van der Waals surface area contributed by atoms with E-state index in [4.69, 9.17) is 4.74 Å². The molecule has 176 valence electrons. The fraction of sp³-hybridized carbons (Fsp3) is 0.429. The van der Waals surface area contributed by atoms with E-state index < -0.39 is 23.1 Å². The summed E-state index contributed by atoms with van der Waals surface area (Å²) in [7, 11) is 0. The first-order chi connectivity index (χ1) is 15.2. The summed E-state index contributed by atoms with van der Waals surface area (Å²) in [6, 6.07) is 14.3. The third-order valence-electron chi connectivity index (χ3n) is 5.71. The average Bonchev–Trinajstić information content (AvgIpc) is 2.97. The van der Waals surface area contributed by atoms with Crippen molar-refractivity contribution in [1.29, 1.82) is 0 Å². The molecule has 5 nitrogen and oxygen atoms in total. The molecule has 1 amide bonds. The minimum Gasteiger partial charge on any atom is -0.503 e. The predicted octanol–water partition coefficient (Wildman–Crippen LogP) is 6.29. The topological polar surface area (TPSA) is 66.8 Å². The largest absolute Gasteiger partial charge is 0.503 e. The standard InChI is InChI=1S/C28H35NO4/c1-17(2)33-21-15-9-18(10-16-21)23-22(25(31)28(6,7)8)24(30)26(32)29(23)20-13-11-19(12-14-20)27(3,4)5/h9-17,23,30H,1-8H3. The van der Waals surface area contributed by atoms with Gasteiger partial charge < -0.3 is 9.84 Å². The lowest BCUT2D eigenvalue weighted by atomic mass is 9.82. The fourth-order valence-electron chi connectivity index (χ4n) is 3.95. The predicted molar refractivity (Wildman–Crippen MR) is 132 cm³/mol. The van der Waals surface area contributed by atoms with Crippen molar-refractivity contribution in [2.45, 2.75) is 73.0 Å². The van der Waals surface area contributed by atoms with Gasteiger partial charge >= 0.3 is 0 Å². The summed E-state index contributed by atoms with van der Waals surface area (Å²) >= 11 is 0. The first-order valence-electron chi connectivity index (χ1n) is 11.4. The maximum Gasteiger partial charge on any atom is 0.294 e. The highest BCUT2D eigenvalue weighted by atomic mass is 16.5. The lowest BCUT2D eigenvalue weighted by molar-refractivity contribution is -0.123. The Morgan fingerprint density at radius 1 is 0.939 bits per heavy atom. The van der Waals surface area contributed by atoms with Gasteiger partial charge in [0.2, 0.25) is 0 Å². The Bertz CT molecular complexity index is 1060. The molecule has 0 bridgehead atoms. The van der Waals surface area contributed by atoms with Crippen LogP contribution in [0.1, 0.15) is 72.6 Å². The molecule has 1 aliphatic rings. The van der Waals surface area contributed by atoms with Gasteiger partial charge in [0, 0.05) is 11.1 Å². The first kappa shape index (κ1) is 24.6. The van der Waals surface area contributed by atoms with E-state index >= 15 is 0 Å². The molecule has 0 saturated heterocycles. The first-order valence-corrected chi connectivity index (χ1v) is 11.4. The molecular weight excluding hydrogens is 414 g/mol. The van der Waals surface area contributed by atoms with Crippen LogP contribution in [0.4, 0.5) is 5.69 Å². The van der Waals surface area contributed by atoms with Crippen molar-refractivity contribution in [3.8, 4) is 5.75 Å². The Morgan fingerprint density at radius 3 is 1.94 bits per heavy atom. The van der Waals surface area contributed by atoms with E-state index in [1.807, 2.05) is 62.4 Å². The van der Waals surface area contributed by atoms with Crippen molar-refractivity contribution in [3.05, 3.63) is 71.0 Å². The van der Waals surface area contributed by atoms with E-state index in [0.717, 1.165) is 11.1 Å². The number of ketones is 1. The molecule has 33 heavy (non-hydrogen) atoms. The molecule has 0 spiro atoms. The van der Waals surface area contributed by atoms with Gasteiger partial charge in [0.25, 0.3) is 5.91 Å². The van der Waals surface area contributed by atoms with Crippen LogP contribution in [0.25, 0.3) is 0 Å². The van der Waals surface area contributed by atoms with Crippen molar-refractivity contribution in [2.75, 3.05) is 4.90 Å². The summed E-state index contributed by atoms with van der Waals surface area (Å²) in [4.78, 5) is 28.1. The third kappa shape index (κ3) is 4.97. The Morgan fingerprint density at radius 2 is 1.48 bits per heavy atom. The number of carbonyl (C=O) groups excluding carboxylic acids is 2. The SMILES string of the molecule is CC(C)Oc1ccc(C2C(C(=O)C(C)(C)C)=C(O)C(=O)N2c2ccc(C(C)(C)C)cc2)cc1. The van der Waals surface area contributed by atoms with E-state index in [-0.39, 0.29) is 22.9 Å². The number of benzene rings is 2. The van der Waals surface area contributed by atoms with Gasteiger partial charge in [-0.15, -0.1) is 0 Å². The van der Waals surface area contributed by atoms with E-state index in [1.54, 1.807) is 20.8 Å². The second-order valence-electron chi connectivity index (χ2n) is 11.0. The zero-order valence-corrected chi connectivity index (χ0v) is 20.9. The van der Waals surface area contributed by atoms with Crippen LogP contribution in [0, 0.1) is 5.41 Å². The molecule has 1 heterocycles. The molecule has 0 aromatic heterocycles. The van der Waals surface area contributed by atoms with Crippen LogP contribution in [-0.4, -0.2) is 22.9 Å². The molecule has 3 rings (SSSR count). The maximum absolute atomic E-state index is 13.4. The number of nitrogens with zero attached hydrogens (tertiary/aromatic N) is 1. The molecule has 1 atom stereocenters. The molecule has 0 aliphatic carbocycles. The number of hydrogen-bond acceptors (Lipinski definition) is 4. The van der Waals surface area contributed by atoms with Gasteiger partial charge in [0.05, 0.1) is 17.7 Å². The molecule has 1 aliphatic heterocycles. The van der Waals surface area contributed by atoms with Crippen molar-refractivity contribution in [2.24, 2.45) is 5.41 Å². The number of Topliss-reactive ketones (excluding diaryl/α,β-unsaturated/α-hetero) is 1. The summed E-state index contributed by atoms with van der Waals surface area (Å²) in [5, 5.41) is 10.9. The second-order valence-corrected chi connectivity index (χ2v) is 11.0. The number of rotatable bonds is 5. The Hall–Kier alpha value is -3.08. The summed E-state index contributed by atoms with van der Waals surface area (Å²) in [6.45, 7) is 15.6. The van der Waals surface area contributed by atoms with Crippen LogP contribution in [0.3, 0.4) is 0 Å². The van der Waals surface area contributed by atoms with Crippen LogP contribution in [0.15, 0.2) is 59.9 Å². The van der Waals surface area contributed by atoms with Crippen molar-refractivity contribution in [3.63, 3.8) is 0 Å². The number of aliphatic hydroxyl groups excluding tert-OH is 1. The van der Waals surface area contributed by atoms with Crippen LogP contribution in [-0.2, 0) is 15.0 Å². The number of hydrogen-bond donors (Lipinski definition) is 1. The zero-order chi connectivity index (χ0) is 24.7. The number of ether oxygens (including phenoxy) is 1. The van der Waals surface area contributed by atoms with Gasteiger partial charge in [-0.2, -0.15) is 0 Å². The number of amides is 1. The molecule has 2 aromatic rings. The molecular formula is C28H35NO4.